The summed E-state index contributed by atoms with van der Waals surface area (Å²) in [6, 6.07) is 8.46. The van der Waals surface area contributed by atoms with Gasteiger partial charge in [-0.1, -0.05) is 31.0 Å². The van der Waals surface area contributed by atoms with E-state index in [1.165, 1.54) is 17.7 Å². The zero-order chi connectivity index (χ0) is 15.2. The van der Waals surface area contributed by atoms with Crippen LogP contribution in [0.25, 0.3) is 0 Å². The third-order valence-corrected chi connectivity index (χ3v) is 5.89. The molecule has 1 saturated heterocycles. The summed E-state index contributed by atoms with van der Waals surface area (Å²) in [7, 11) is 0. The molecule has 3 nitrogen and oxygen atoms in total. The Hall–Kier alpha value is -1.64. The lowest BCUT2D eigenvalue weighted by molar-refractivity contribution is -0.146. The van der Waals surface area contributed by atoms with Gasteiger partial charge < -0.3 is 4.90 Å². The molecule has 116 valence electrons. The van der Waals surface area contributed by atoms with E-state index in [9.17, 15) is 9.59 Å². The number of Topliss-reactive ketones (excluding diaryl/α,β-unsaturated/α-hetero) is 2. The molecule has 1 spiro atoms. The Morgan fingerprint density at radius 3 is 2.55 bits per heavy atom. The molecule has 1 aromatic rings. The van der Waals surface area contributed by atoms with Gasteiger partial charge in [0.15, 0.2) is 0 Å². The number of para-hydroxylation sites is 1. The smallest absolute Gasteiger partial charge is 0.148 e. The van der Waals surface area contributed by atoms with Crippen LogP contribution in [0.5, 0.6) is 0 Å². The maximum absolute atomic E-state index is 12.9. The van der Waals surface area contributed by atoms with Crippen LogP contribution in [0, 0.1) is 5.41 Å². The zero-order valence-corrected chi connectivity index (χ0v) is 13.0. The fourth-order valence-electron chi connectivity index (χ4n) is 4.85. The van der Waals surface area contributed by atoms with E-state index >= 15 is 0 Å². The van der Waals surface area contributed by atoms with Crippen LogP contribution in [0.4, 0.5) is 5.69 Å². The molecule has 3 aliphatic rings. The standard InChI is InChI=1S/C19H23NO2/c21-17-10-6-11-18(22)19(17)13-14-7-3-4-8-15(14)20-12-5-1-2-9-16(19)20/h3-4,7-8,16H,1-2,5-6,9-13H2. The van der Waals surface area contributed by atoms with Crippen molar-refractivity contribution in [3.63, 3.8) is 0 Å². The van der Waals surface area contributed by atoms with Gasteiger partial charge in [-0.3, -0.25) is 9.59 Å². The summed E-state index contributed by atoms with van der Waals surface area (Å²) in [5, 5.41) is 0. The molecule has 1 saturated carbocycles. The highest BCUT2D eigenvalue weighted by molar-refractivity contribution is 6.11. The van der Waals surface area contributed by atoms with Crippen LogP contribution < -0.4 is 4.90 Å². The second kappa shape index (κ2) is 5.22. The molecule has 0 bridgehead atoms. The Balaban J connectivity index is 1.88. The van der Waals surface area contributed by atoms with E-state index in [0.717, 1.165) is 32.2 Å². The van der Waals surface area contributed by atoms with Crippen LogP contribution in [0.3, 0.4) is 0 Å². The number of rotatable bonds is 0. The highest BCUT2D eigenvalue weighted by atomic mass is 16.2. The summed E-state index contributed by atoms with van der Waals surface area (Å²) in [5.41, 5.74) is 1.69. The van der Waals surface area contributed by atoms with Crippen LogP contribution in [0.2, 0.25) is 0 Å². The molecule has 1 unspecified atom stereocenters. The van der Waals surface area contributed by atoms with Crippen molar-refractivity contribution in [2.24, 2.45) is 5.41 Å². The van der Waals surface area contributed by atoms with Gasteiger partial charge in [0.2, 0.25) is 0 Å². The molecular weight excluding hydrogens is 274 g/mol. The van der Waals surface area contributed by atoms with E-state index in [4.69, 9.17) is 0 Å². The summed E-state index contributed by atoms with van der Waals surface area (Å²) >= 11 is 0. The van der Waals surface area contributed by atoms with Crippen LogP contribution in [0.1, 0.15) is 50.5 Å². The van der Waals surface area contributed by atoms with Crippen molar-refractivity contribution in [2.75, 3.05) is 11.4 Å². The summed E-state index contributed by atoms with van der Waals surface area (Å²) in [6.07, 6.45) is 7.00. The minimum atomic E-state index is -0.753. The highest BCUT2D eigenvalue weighted by Gasteiger charge is 2.56. The monoisotopic (exact) mass is 297 g/mol. The number of ketones is 2. The first-order valence-corrected chi connectivity index (χ1v) is 8.64. The molecule has 0 radical (unpaired) electrons. The van der Waals surface area contributed by atoms with Gasteiger partial charge in [-0.05, 0) is 37.3 Å². The third-order valence-electron chi connectivity index (χ3n) is 5.89. The molecule has 1 aliphatic carbocycles. The number of hydrogen-bond acceptors (Lipinski definition) is 3. The molecule has 0 amide bonds. The summed E-state index contributed by atoms with van der Waals surface area (Å²) in [4.78, 5) is 28.2. The normalized spacial score (nSPS) is 27.3. The molecule has 2 fully saturated rings. The Morgan fingerprint density at radius 1 is 0.955 bits per heavy atom. The maximum Gasteiger partial charge on any atom is 0.148 e. The average Bonchev–Trinajstić information content (AvgIpc) is 2.79. The van der Waals surface area contributed by atoms with E-state index in [1.807, 2.05) is 6.07 Å². The van der Waals surface area contributed by atoms with Crippen molar-refractivity contribution in [3.05, 3.63) is 29.8 Å². The number of anilines is 1. The molecule has 3 heteroatoms. The minimum absolute atomic E-state index is 0.0881. The Kier molecular flexibility index (Phi) is 3.32. The Morgan fingerprint density at radius 2 is 1.73 bits per heavy atom. The number of benzene rings is 1. The van der Waals surface area contributed by atoms with Crippen molar-refractivity contribution >= 4 is 17.3 Å². The quantitative estimate of drug-likeness (QED) is 0.690. The Labute approximate surface area is 131 Å². The van der Waals surface area contributed by atoms with Gasteiger partial charge in [0.1, 0.15) is 17.0 Å². The average molecular weight is 297 g/mol. The predicted molar refractivity (Wildman–Crippen MR) is 86.0 cm³/mol. The molecule has 1 atom stereocenters. The molecule has 2 heterocycles. The topological polar surface area (TPSA) is 37.4 Å². The van der Waals surface area contributed by atoms with E-state index < -0.39 is 5.41 Å². The van der Waals surface area contributed by atoms with Gasteiger partial charge in [0.25, 0.3) is 0 Å². The van der Waals surface area contributed by atoms with Crippen molar-refractivity contribution in [1.82, 2.24) is 0 Å². The van der Waals surface area contributed by atoms with Crippen molar-refractivity contribution in [1.29, 1.82) is 0 Å². The van der Waals surface area contributed by atoms with Crippen LogP contribution in [0.15, 0.2) is 24.3 Å². The number of hydrogen-bond donors (Lipinski definition) is 0. The first-order chi connectivity index (χ1) is 10.7. The van der Waals surface area contributed by atoms with Crippen molar-refractivity contribution < 1.29 is 9.59 Å². The molecule has 4 rings (SSSR count). The molecule has 1 aromatic carbocycles. The number of carbonyl (C=O) groups excluding carboxylic acids is 2. The van der Waals surface area contributed by atoms with Gasteiger partial charge in [-0.2, -0.15) is 0 Å². The first kappa shape index (κ1) is 14.0. The molecule has 0 aromatic heterocycles. The van der Waals surface area contributed by atoms with Crippen LogP contribution in [-0.4, -0.2) is 24.2 Å². The van der Waals surface area contributed by atoms with Crippen LogP contribution in [-0.2, 0) is 16.0 Å². The number of carbonyl (C=O) groups is 2. The number of fused-ring (bicyclic) bond motifs is 4. The fraction of sp³-hybridized carbons (Fsp3) is 0.579. The maximum atomic E-state index is 12.9. The van der Waals surface area contributed by atoms with Gasteiger partial charge >= 0.3 is 0 Å². The highest BCUT2D eigenvalue weighted by Crippen LogP contribution is 2.48. The fourth-order valence-corrected chi connectivity index (χ4v) is 4.85. The molecule has 0 N–H and O–H groups in total. The summed E-state index contributed by atoms with van der Waals surface area (Å²) < 4.78 is 0. The second-order valence-electron chi connectivity index (χ2n) is 7.04. The lowest BCUT2D eigenvalue weighted by Gasteiger charge is -2.50. The molecule has 2 aliphatic heterocycles. The molecular formula is C19H23NO2. The van der Waals surface area contributed by atoms with Crippen molar-refractivity contribution in [3.8, 4) is 0 Å². The summed E-state index contributed by atoms with van der Waals surface area (Å²) in [6.45, 7) is 0.976. The third kappa shape index (κ3) is 1.87. The van der Waals surface area contributed by atoms with Gasteiger partial charge in [0, 0.05) is 31.1 Å². The van der Waals surface area contributed by atoms with E-state index in [2.05, 4.69) is 23.1 Å². The molecule has 22 heavy (non-hydrogen) atoms. The lowest BCUT2D eigenvalue weighted by atomic mass is 9.61. The SMILES string of the molecule is O=C1CCCC(=O)C12Cc1ccccc1N1CCCCCC12. The first-order valence-electron chi connectivity index (χ1n) is 8.64. The van der Waals surface area contributed by atoms with Gasteiger partial charge in [0.05, 0.1) is 0 Å². The van der Waals surface area contributed by atoms with E-state index in [0.29, 0.717) is 19.3 Å². The van der Waals surface area contributed by atoms with Gasteiger partial charge in [-0.15, -0.1) is 0 Å². The second-order valence-corrected chi connectivity index (χ2v) is 7.04. The minimum Gasteiger partial charge on any atom is -0.367 e. The van der Waals surface area contributed by atoms with Crippen LogP contribution >= 0.6 is 0 Å². The lowest BCUT2D eigenvalue weighted by Crippen LogP contribution is -2.61. The largest absolute Gasteiger partial charge is 0.367 e. The zero-order valence-electron chi connectivity index (χ0n) is 13.0. The predicted octanol–water partition coefficient (Wildman–Crippen LogP) is 3.30. The van der Waals surface area contributed by atoms with E-state index in [1.54, 1.807) is 0 Å². The van der Waals surface area contributed by atoms with E-state index in [-0.39, 0.29) is 17.6 Å². The van der Waals surface area contributed by atoms with Crippen molar-refractivity contribution in [2.45, 2.75) is 57.4 Å². The summed E-state index contributed by atoms with van der Waals surface area (Å²) in [5.74, 6) is 0.408. The Bertz CT molecular complexity index is 606. The van der Waals surface area contributed by atoms with Gasteiger partial charge in [-0.25, -0.2) is 0 Å². The number of nitrogens with zero attached hydrogens (tertiary/aromatic N) is 1.